The van der Waals surface area contributed by atoms with E-state index in [4.69, 9.17) is 5.10 Å². The van der Waals surface area contributed by atoms with Gasteiger partial charge in [0.05, 0.1) is 23.0 Å². The highest BCUT2D eigenvalue weighted by Gasteiger charge is 2.29. The third kappa shape index (κ3) is 2.41. The number of hydrogen-bond donors (Lipinski definition) is 0. The highest BCUT2D eigenvalue weighted by Crippen LogP contribution is 2.32. The molecule has 1 aromatic carbocycles. The van der Waals surface area contributed by atoms with Crippen molar-refractivity contribution in [2.75, 3.05) is 0 Å². The summed E-state index contributed by atoms with van der Waals surface area (Å²) in [5.74, 6) is 0.552. The van der Waals surface area contributed by atoms with E-state index in [2.05, 4.69) is 49.7 Å². The first kappa shape index (κ1) is 14.1. The van der Waals surface area contributed by atoms with Crippen LogP contribution in [0.1, 0.15) is 72.9 Å². The fourth-order valence-electron chi connectivity index (χ4n) is 3.17. The van der Waals surface area contributed by atoms with Gasteiger partial charge < -0.3 is 0 Å². The summed E-state index contributed by atoms with van der Waals surface area (Å²) < 4.78 is 2.08. The Morgan fingerprint density at radius 2 is 1.81 bits per heavy atom. The Kier molecular flexibility index (Phi) is 3.66. The van der Waals surface area contributed by atoms with Gasteiger partial charge in [0.25, 0.3) is 0 Å². The van der Waals surface area contributed by atoms with Crippen LogP contribution >= 0.6 is 0 Å². The smallest absolute Gasteiger partial charge is 0.166 e. The van der Waals surface area contributed by atoms with E-state index in [1.54, 1.807) is 0 Å². The van der Waals surface area contributed by atoms with Crippen molar-refractivity contribution in [3.8, 4) is 0 Å². The first-order valence-corrected chi connectivity index (χ1v) is 7.79. The lowest BCUT2D eigenvalue weighted by Gasteiger charge is -2.18. The van der Waals surface area contributed by atoms with Crippen molar-refractivity contribution in [2.24, 2.45) is 0 Å². The topological polar surface area (TPSA) is 34.9 Å². The minimum absolute atomic E-state index is 0.165. The van der Waals surface area contributed by atoms with Crippen molar-refractivity contribution < 1.29 is 4.79 Å². The van der Waals surface area contributed by atoms with E-state index in [0.29, 0.717) is 6.42 Å². The number of hydrogen-bond acceptors (Lipinski definition) is 2. The molecule has 1 atom stereocenters. The molecule has 0 N–H and O–H groups in total. The third-order valence-electron chi connectivity index (χ3n) is 4.33. The zero-order valence-corrected chi connectivity index (χ0v) is 13.0. The second-order valence-electron chi connectivity index (χ2n) is 6.17. The number of carbonyl (C=O) groups excluding carboxylic acids is 1. The first-order valence-electron chi connectivity index (χ1n) is 7.79. The Labute approximate surface area is 126 Å². The SMILES string of the molecule is CC(C)c1nn(C(C)c2ccccc2)c2c1C(=O)CCC2. The second kappa shape index (κ2) is 5.47. The monoisotopic (exact) mass is 282 g/mol. The molecule has 21 heavy (non-hydrogen) atoms. The van der Waals surface area contributed by atoms with E-state index < -0.39 is 0 Å². The van der Waals surface area contributed by atoms with Crippen molar-refractivity contribution in [3.63, 3.8) is 0 Å². The average Bonchev–Trinajstić information content (AvgIpc) is 2.88. The molecular weight excluding hydrogens is 260 g/mol. The van der Waals surface area contributed by atoms with Crippen LogP contribution in [-0.2, 0) is 6.42 Å². The third-order valence-corrected chi connectivity index (χ3v) is 4.33. The number of carbonyl (C=O) groups is 1. The maximum absolute atomic E-state index is 12.3. The van der Waals surface area contributed by atoms with Crippen molar-refractivity contribution in [1.29, 1.82) is 0 Å². The molecule has 2 aromatic rings. The van der Waals surface area contributed by atoms with Gasteiger partial charge in [0, 0.05) is 6.42 Å². The van der Waals surface area contributed by atoms with Crippen LogP contribution in [0.15, 0.2) is 30.3 Å². The fraction of sp³-hybridized carbons (Fsp3) is 0.444. The number of aromatic nitrogens is 2. The summed E-state index contributed by atoms with van der Waals surface area (Å²) in [6.07, 6.45) is 2.56. The second-order valence-corrected chi connectivity index (χ2v) is 6.17. The number of nitrogens with zero attached hydrogens (tertiary/aromatic N) is 2. The van der Waals surface area contributed by atoms with Crippen molar-refractivity contribution in [1.82, 2.24) is 9.78 Å². The van der Waals surface area contributed by atoms with Gasteiger partial charge in [-0.15, -0.1) is 0 Å². The standard InChI is InChI=1S/C18H22N2O/c1-12(2)18-17-15(10-7-11-16(17)21)20(19-18)13(3)14-8-5-4-6-9-14/h4-6,8-9,12-13H,7,10-11H2,1-3H3. The fourth-order valence-corrected chi connectivity index (χ4v) is 3.17. The van der Waals surface area contributed by atoms with Crippen LogP contribution in [0.5, 0.6) is 0 Å². The van der Waals surface area contributed by atoms with Gasteiger partial charge in [0.15, 0.2) is 5.78 Å². The summed E-state index contributed by atoms with van der Waals surface area (Å²) in [6, 6.07) is 10.5. The predicted molar refractivity (Wildman–Crippen MR) is 83.8 cm³/mol. The van der Waals surface area contributed by atoms with Crippen LogP contribution in [0, 0.1) is 0 Å². The molecule has 1 unspecified atom stereocenters. The minimum Gasteiger partial charge on any atom is -0.294 e. The van der Waals surface area contributed by atoms with Crippen molar-refractivity contribution in [3.05, 3.63) is 52.8 Å². The van der Waals surface area contributed by atoms with Crippen LogP contribution in [0.2, 0.25) is 0 Å². The number of fused-ring (bicyclic) bond motifs is 1. The zero-order valence-electron chi connectivity index (χ0n) is 13.0. The van der Waals surface area contributed by atoms with Crippen LogP contribution in [-0.4, -0.2) is 15.6 Å². The summed E-state index contributed by atoms with van der Waals surface area (Å²) in [4.78, 5) is 12.3. The molecule has 110 valence electrons. The van der Waals surface area contributed by atoms with Gasteiger partial charge in [-0.05, 0) is 31.2 Å². The van der Waals surface area contributed by atoms with E-state index in [0.717, 1.165) is 29.8 Å². The summed E-state index contributed by atoms with van der Waals surface area (Å²) in [5.41, 5.74) is 4.24. The van der Waals surface area contributed by atoms with Gasteiger partial charge in [-0.25, -0.2) is 0 Å². The molecule has 0 saturated carbocycles. The average molecular weight is 282 g/mol. The highest BCUT2D eigenvalue weighted by molar-refractivity contribution is 5.99. The van der Waals surface area contributed by atoms with Gasteiger partial charge in [0.2, 0.25) is 0 Å². The van der Waals surface area contributed by atoms with E-state index in [-0.39, 0.29) is 17.7 Å². The van der Waals surface area contributed by atoms with Gasteiger partial charge >= 0.3 is 0 Å². The van der Waals surface area contributed by atoms with Crippen molar-refractivity contribution in [2.45, 2.75) is 52.0 Å². The van der Waals surface area contributed by atoms with Crippen LogP contribution in [0.25, 0.3) is 0 Å². The number of Topliss-reactive ketones (excluding diaryl/α,β-unsaturated/α-hetero) is 1. The van der Waals surface area contributed by atoms with E-state index in [1.807, 2.05) is 6.07 Å². The molecule has 3 nitrogen and oxygen atoms in total. The lowest BCUT2D eigenvalue weighted by atomic mass is 9.91. The van der Waals surface area contributed by atoms with E-state index in [9.17, 15) is 4.79 Å². The van der Waals surface area contributed by atoms with Crippen molar-refractivity contribution >= 4 is 5.78 Å². The number of benzene rings is 1. The maximum atomic E-state index is 12.3. The first-order chi connectivity index (χ1) is 10.1. The lowest BCUT2D eigenvalue weighted by Crippen LogP contribution is -2.17. The maximum Gasteiger partial charge on any atom is 0.166 e. The molecule has 1 heterocycles. The molecule has 0 radical (unpaired) electrons. The Balaban J connectivity index is 2.11. The molecule has 0 amide bonds. The van der Waals surface area contributed by atoms with Gasteiger partial charge in [-0.1, -0.05) is 44.2 Å². The van der Waals surface area contributed by atoms with E-state index >= 15 is 0 Å². The van der Waals surface area contributed by atoms with Gasteiger partial charge in [0.1, 0.15) is 0 Å². The Hall–Kier alpha value is -1.90. The minimum atomic E-state index is 0.165. The summed E-state index contributed by atoms with van der Waals surface area (Å²) >= 11 is 0. The molecule has 0 bridgehead atoms. The van der Waals surface area contributed by atoms with Gasteiger partial charge in [-0.3, -0.25) is 9.48 Å². The number of rotatable bonds is 3. The summed E-state index contributed by atoms with van der Waals surface area (Å²) in [7, 11) is 0. The molecule has 0 aliphatic heterocycles. The number of ketones is 1. The highest BCUT2D eigenvalue weighted by atomic mass is 16.1. The lowest BCUT2D eigenvalue weighted by molar-refractivity contribution is 0.0970. The molecule has 0 fully saturated rings. The molecule has 0 spiro atoms. The molecule has 1 aliphatic carbocycles. The van der Waals surface area contributed by atoms with Crippen LogP contribution in [0.4, 0.5) is 0 Å². The molecule has 1 aliphatic rings. The van der Waals surface area contributed by atoms with Crippen LogP contribution < -0.4 is 0 Å². The van der Waals surface area contributed by atoms with Crippen LogP contribution in [0.3, 0.4) is 0 Å². The summed E-state index contributed by atoms with van der Waals surface area (Å²) in [5, 5.41) is 4.81. The Morgan fingerprint density at radius 1 is 1.10 bits per heavy atom. The summed E-state index contributed by atoms with van der Waals surface area (Å²) in [6.45, 7) is 6.38. The predicted octanol–water partition coefficient (Wildman–Crippen LogP) is 4.13. The Bertz CT molecular complexity index is 655. The molecule has 0 saturated heterocycles. The normalized spacial score (nSPS) is 16.1. The molecule has 1 aromatic heterocycles. The quantitative estimate of drug-likeness (QED) is 0.848. The molecule has 3 heteroatoms. The zero-order chi connectivity index (χ0) is 15.0. The Morgan fingerprint density at radius 3 is 2.48 bits per heavy atom. The van der Waals surface area contributed by atoms with E-state index in [1.165, 1.54) is 5.56 Å². The molecular formula is C18H22N2O. The largest absolute Gasteiger partial charge is 0.294 e. The molecule has 3 rings (SSSR count). The van der Waals surface area contributed by atoms with Gasteiger partial charge in [-0.2, -0.15) is 5.10 Å².